The van der Waals surface area contributed by atoms with E-state index in [-0.39, 0.29) is 23.6 Å². The lowest BCUT2D eigenvalue weighted by atomic mass is 9.35. The molecule has 4 unspecified atom stereocenters. The van der Waals surface area contributed by atoms with Gasteiger partial charge >= 0.3 is 11.9 Å². The van der Waals surface area contributed by atoms with Crippen LogP contribution in [0.1, 0.15) is 59.6 Å². The van der Waals surface area contributed by atoms with Crippen LogP contribution in [-0.4, -0.2) is 23.6 Å². The lowest BCUT2D eigenvalue weighted by Gasteiger charge is -2.66. The van der Waals surface area contributed by atoms with E-state index in [4.69, 9.17) is 18.9 Å². The molecule has 1 fully saturated rings. The first kappa shape index (κ1) is 21.8. The summed E-state index contributed by atoms with van der Waals surface area (Å²) >= 11 is 0. The first-order chi connectivity index (χ1) is 15.4. The first-order valence-electron chi connectivity index (χ1n) is 11.4. The fourth-order valence-electron chi connectivity index (χ4n) is 6.25. The van der Waals surface area contributed by atoms with Crippen LogP contribution in [0.4, 0.5) is 0 Å². The van der Waals surface area contributed by atoms with Crippen LogP contribution in [0.2, 0.25) is 0 Å². The summed E-state index contributed by atoms with van der Waals surface area (Å²) in [5.74, 6) is 0.450. The lowest BCUT2D eigenvalue weighted by molar-refractivity contribution is -0.184. The van der Waals surface area contributed by atoms with E-state index in [9.17, 15) is 9.59 Å². The largest absolute Gasteiger partial charge is 0.491 e. The highest BCUT2D eigenvalue weighted by molar-refractivity contribution is 5.94. The van der Waals surface area contributed by atoms with Gasteiger partial charge in [-0.15, -0.1) is 0 Å². The van der Waals surface area contributed by atoms with Crippen molar-refractivity contribution in [1.82, 2.24) is 0 Å². The normalized spacial score (nSPS) is 29.6. The molecule has 0 amide bonds. The van der Waals surface area contributed by atoms with Gasteiger partial charge in [-0.25, -0.2) is 0 Å². The summed E-state index contributed by atoms with van der Waals surface area (Å²) in [4.78, 5) is 26.7. The standard InChI is InChI=1S/C27H30O6/c1-14(2)30-15-8-10-17-19(12-15)31-23(28)21-26(17,6)22-24(29)32-20-13-16(33-25(3,4)5)9-11-18(20)27(21,22)7/h8-14,21-22H,1-7H3. The number of carbonyl (C=O) groups is 2. The molecule has 0 aromatic heterocycles. The Balaban J connectivity index is 1.59. The molecule has 6 heteroatoms. The second-order valence-corrected chi connectivity index (χ2v) is 11.0. The van der Waals surface area contributed by atoms with Crippen molar-refractivity contribution >= 4 is 11.9 Å². The zero-order valence-electron chi connectivity index (χ0n) is 20.1. The van der Waals surface area contributed by atoms with Crippen molar-refractivity contribution in [2.75, 3.05) is 0 Å². The van der Waals surface area contributed by atoms with Gasteiger partial charge in [0.15, 0.2) is 0 Å². The Morgan fingerprint density at radius 1 is 0.818 bits per heavy atom. The van der Waals surface area contributed by atoms with E-state index in [1.165, 1.54) is 0 Å². The molecule has 2 heterocycles. The number of carbonyl (C=O) groups excluding carboxylic acids is 2. The van der Waals surface area contributed by atoms with Crippen LogP contribution in [0.3, 0.4) is 0 Å². The smallest absolute Gasteiger partial charge is 0.316 e. The molecule has 0 spiro atoms. The molecule has 33 heavy (non-hydrogen) atoms. The predicted molar refractivity (Wildman–Crippen MR) is 122 cm³/mol. The third kappa shape index (κ3) is 2.99. The maximum Gasteiger partial charge on any atom is 0.316 e. The Bertz CT molecular complexity index is 1170. The summed E-state index contributed by atoms with van der Waals surface area (Å²) < 4.78 is 23.4. The van der Waals surface area contributed by atoms with Crippen LogP contribution in [0, 0.1) is 11.8 Å². The molecular weight excluding hydrogens is 420 g/mol. The SMILES string of the molecule is CC(C)Oc1ccc2c(c1)OC(=O)C1C2(C)C2C(=O)Oc3cc(OC(C)(C)C)ccc3C12C. The average Bonchev–Trinajstić information content (AvgIpc) is 2.64. The maximum atomic E-state index is 13.4. The van der Waals surface area contributed by atoms with Gasteiger partial charge in [0.1, 0.15) is 28.6 Å². The minimum atomic E-state index is -0.735. The predicted octanol–water partition coefficient (Wildman–Crippen LogP) is 4.95. The quantitative estimate of drug-likeness (QED) is 0.487. The van der Waals surface area contributed by atoms with Crippen LogP contribution < -0.4 is 18.9 Å². The van der Waals surface area contributed by atoms with Gasteiger partial charge < -0.3 is 18.9 Å². The van der Waals surface area contributed by atoms with Crippen molar-refractivity contribution in [3.8, 4) is 23.0 Å². The van der Waals surface area contributed by atoms with Crippen LogP contribution in [-0.2, 0) is 20.4 Å². The topological polar surface area (TPSA) is 71.1 Å². The monoisotopic (exact) mass is 450 g/mol. The molecule has 0 radical (unpaired) electrons. The molecule has 2 aliphatic heterocycles. The second kappa shape index (κ2) is 6.75. The Labute approximate surface area is 194 Å². The fourth-order valence-corrected chi connectivity index (χ4v) is 6.25. The van der Waals surface area contributed by atoms with Gasteiger partial charge in [0, 0.05) is 34.1 Å². The third-order valence-electron chi connectivity index (χ3n) is 7.15. The number of hydrogen-bond acceptors (Lipinski definition) is 6. The van der Waals surface area contributed by atoms with E-state index in [2.05, 4.69) is 0 Å². The van der Waals surface area contributed by atoms with Crippen LogP contribution in [0.15, 0.2) is 36.4 Å². The molecule has 174 valence electrons. The van der Waals surface area contributed by atoms with E-state index in [0.29, 0.717) is 23.0 Å². The molecule has 1 aliphatic carbocycles. The second-order valence-electron chi connectivity index (χ2n) is 11.0. The van der Waals surface area contributed by atoms with E-state index in [1.807, 2.05) is 72.7 Å². The number of hydrogen-bond donors (Lipinski definition) is 0. The summed E-state index contributed by atoms with van der Waals surface area (Å²) in [5, 5.41) is 0. The molecule has 3 aliphatic rings. The highest BCUT2D eigenvalue weighted by Crippen LogP contribution is 2.71. The molecule has 2 aromatic rings. The molecule has 1 saturated carbocycles. The summed E-state index contributed by atoms with van der Waals surface area (Å²) in [6, 6.07) is 11.1. The van der Waals surface area contributed by atoms with Gasteiger partial charge in [-0.3, -0.25) is 9.59 Å². The van der Waals surface area contributed by atoms with E-state index < -0.39 is 22.7 Å². The van der Waals surface area contributed by atoms with Gasteiger partial charge in [-0.1, -0.05) is 26.0 Å². The Hall–Kier alpha value is -3.02. The maximum absolute atomic E-state index is 13.4. The van der Waals surface area contributed by atoms with Crippen molar-refractivity contribution in [3.63, 3.8) is 0 Å². The van der Waals surface area contributed by atoms with E-state index in [0.717, 1.165) is 11.1 Å². The number of rotatable bonds is 3. The van der Waals surface area contributed by atoms with Gasteiger partial charge in [0.25, 0.3) is 0 Å². The van der Waals surface area contributed by atoms with E-state index >= 15 is 0 Å². The molecule has 4 atom stereocenters. The summed E-state index contributed by atoms with van der Waals surface area (Å²) in [6.07, 6.45) is -0.00495. The van der Waals surface area contributed by atoms with E-state index in [1.54, 1.807) is 12.1 Å². The highest BCUT2D eigenvalue weighted by atomic mass is 16.5. The zero-order valence-corrected chi connectivity index (χ0v) is 20.1. The molecule has 0 N–H and O–H groups in total. The van der Waals surface area contributed by atoms with Gasteiger partial charge in [-0.2, -0.15) is 0 Å². The van der Waals surface area contributed by atoms with Crippen LogP contribution in [0.25, 0.3) is 0 Å². The number of ether oxygens (including phenoxy) is 4. The molecular formula is C27H30O6. The van der Waals surface area contributed by atoms with Gasteiger partial charge in [0.2, 0.25) is 0 Å². The van der Waals surface area contributed by atoms with Crippen molar-refractivity contribution < 1.29 is 28.5 Å². The van der Waals surface area contributed by atoms with Gasteiger partial charge in [-0.05, 0) is 46.8 Å². The average molecular weight is 451 g/mol. The van der Waals surface area contributed by atoms with Crippen LogP contribution >= 0.6 is 0 Å². The summed E-state index contributed by atoms with van der Waals surface area (Å²) in [6.45, 7) is 13.7. The van der Waals surface area contributed by atoms with Gasteiger partial charge in [0.05, 0.1) is 17.9 Å². The molecule has 2 aromatic carbocycles. The Morgan fingerprint density at radius 3 is 1.73 bits per heavy atom. The Kier molecular flexibility index (Phi) is 4.46. The lowest BCUT2D eigenvalue weighted by Crippen LogP contribution is -2.75. The molecule has 5 rings (SSSR count). The number of benzene rings is 2. The highest BCUT2D eigenvalue weighted by Gasteiger charge is 2.77. The Morgan fingerprint density at radius 2 is 1.27 bits per heavy atom. The fraction of sp³-hybridized carbons (Fsp3) is 0.481. The van der Waals surface area contributed by atoms with Crippen molar-refractivity contribution in [2.24, 2.45) is 11.8 Å². The minimum absolute atomic E-state index is 0.00495. The minimum Gasteiger partial charge on any atom is -0.491 e. The zero-order chi connectivity index (χ0) is 23.9. The first-order valence-corrected chi connectivity index (χ1v) is 11.4. The van der Waals surface area contributed by atoms with Crippen LogP contribution in [0.5, 0.6) is 23.0 Å². The molecule has 6 nitrogen and oxygen atoms in total. The van der Waals surface area contributed by atoms with Crippen molar-refractivity contribution in [3.05, 3.63) is 47.5 Å². The molecule has 0 saturated heterocycles. The van der Waals surface area contributed by atoms with Crippen molar-refractivity contribution in [2.45, 2.75) is 71.0 Å². The summed E-state index contributed by atoms with van der Waals surface area (Å²) in [7, 11) is 0. The molecule has 0 bridgehead atoms. The summed E-state index contributed by atoms with van der Waals surface area (Å²) in [5.41, 5.74) is -0.189. The number of esters is 2. The van der Waals surface area contributed by atoms with Crippen molar-refractivity contribution in [1.29, 1.82) is 0 Å². The number of fused-ring (bicyclic) bond motifs is 8. The third-order valence-corrected chi connectivity index (χ3v) is 7.15.